The summed E-state index contributed by atoms with van der Waals surface area (Å²) in [5.74, 6) is -0.0385. The van der Waals surface area contributed by atoms with Crippen LogP contribution in [0.15, 0.2) is 24.3 Å². The largest absolute Gasteiger partial charge is 0.297 e. The average molecular weight is 378 g/mol. The monoisotopic (exact) mass is 377 g/mol. The Morgan fingerprint density at radius 1 is 0.962 bits per heavy atom. The second-order valence-corrected chi connectivity index (χ2v) is 8.33. The minimum atomic E-state index is -0.165. The van der Waals surface area contributed by atoms with E-state index in [1.54, 1.807) is 0 Å². The molecule has 0 saturated carbocycles. The summed E-state index contributed by atoms with van der Waals surface area (Å²) >= 11 is 5.94. The maximum atomic E-state index is 12.4. The van der Waals surface area contributed by atoms with E-state index in [9.17, 15) is 9.59 Å². The summed E-state index contributed by atoms with van der Waals surface area (Å²) in [6.45, 7) is 9.04. The van der Waals surface area contributed by atoms with Gasteiger partial charge in [-0.15, -0.1) is 0 Å². The normalized spacial score (nSPS) is 22.0. The Balaban J connectivity index is 1.49. The molecule has 1 aromatic carbocycles. The molecule has 6 heteroatoms. The van der Waals surface area contributed by atoms with Crippen LogP contribution in [0.25, 0.3) is 0 Å². The lowest BCUT2D eigenvalue weighted by atomic mass is 9.77. The highest BCUT2D eigenvalue weighted by atomic mass is 35.5. The molecular formula is C20H28ClN3O2. The van der Waals surface area contributed by atoms with Crippen LogP contribution in [0.4, 0.5) is 0 Å². The van der Waals surface area contributed by atoms with E-state index in [-0.39, 0.29) is 17.2 Å². The predicted molar refractivity (Wildman–Crippen MR) is 103 cm³/mol. The van der Waals surface area contributed by atoms with Crippen molar-refractivity contribution in [2.24, 2.45) is 5.41 Å². The van der Waals surface area contributed by atoms with Crippen molar-refractivity contribution in [2.45, 2.75) is 39.7 Å². The van der Waals surface area contributed by atoms with Crippen molar-refractivity contribution in [2.75, 3.05) is 32.8 Å². The van der Waals surface area contributed by atoms with Gasteiger partial charge < -0.3 is 0 Å². The Bertz CT molecular complexity index is 636. The summed E-state index contributed by atoms with van der Waals surface area (Å²) in [7, 11) is 0. The standard InChI is InChI=1S/C20H28ClN3O2/c1-3-20(2)12-18(25)24(19(26)13-20)15-23-10-8-22(9-11-23)14-16-4-6-17(21)7-5-16/h4-7H,3,8-15H2,1-2H3. The molecule has 26 heavy (non-hydrogen) atoms. The Kier molecular flexibility index (Phi) is 6.00. The van der Waals surface area contributed by atoms with E-state index in [4.69, 9.17) is 11.6 Å². The molecule has 3 rings (SSSR count). The van der Waals surface area contributed by atoms with Gasteiger partial charge in [-0.2, -0.15) is 0 Å². The van der Waals surface area contributed by atoms with Gasteiger partial charge in [0.25, 0.3) is 0 Å². The number of piperazine rings is 1. The third-order valence-electron chi connectivity index (χ3n) is 5.74. The number of rotatable bonds is 5. The minimum Gasteiger partial charge on any atom is -0.297 e. The van der Waals surface area contributed by atoms with Crippen LogP contribution >= 0.6 is 11.6 Å². The van der Waals surface area contributed by atoms with Gasteiger partial charge in [0.1, 0.15) is 0 Å². The third-order valence-corrected chi connectivity index (χ3v) is 5.99. The van der Waals surface area contributed by atoms with E-state index in [1.165, 1.54) is 10.5 Å². The van der Waals surface area contributed by atoms with Gasteiger partial charge in [-0.25, -0.2) is 0 Å². The molecule has 2 amide bonds. The molecular weight excluding hydrogens is 350 g/mol. The number of nitrogens with zero attached hydrogens (tertiary/aromatic N) is 3. The highest BCUT2D eigenvalue weighted by Gasteiger charge is 2.39. The molecule has 0 spiro atoms. The lowest BCUT2D eigenvalue weighted by Gasteiger charge is -2.41. The van der Waals surface area contributed by atoms with E-state index < -0.39 is 0 Å². The van der Waals surface area contributed by atoms with Crippen molar-refractivity contribution in [1.82, 2.24) is 14.7 Å². The molecule has 5 nitrogen and oxygen atoms in total. The van der Waals surface area contributed by atoms with Crippen molar-refractivity contribution in [3.63, 3.8) is 0 Å². The molecule has 2 fully saturated rings. The van der Waals surface area contributed by atoms with E-state index in [0.717, 1.165) is 44.2 Å². The first kappa shape index (κ1) is 19.3. The minimum absolute atomic E-state index is 0.0193. The van der Waals surface area contributed by atoms with Crippen LogP contribution in [0.2, 0.25) is 5.02 Å². The highest BCUT2D eigenvalue weighted by Crippen LogP contribution is 2.35. The van der Waals surface area contributed by atoms with Gasteiger partial charge in [0.05, 0.1) is 6.67 Å². The number of halogens is 1. The van der Waals surface area contributed by atoms with Gasteiger partial charge in [-0.1, -0.05) is 37.6 Å². The lowest BCUT2D eigenvalue weighted by Crippen LogP contribution is -2.55. The van der Waals surface area contributed by atoms with Crippen molar-refractivity contribution < 1.29 is 9.59 Å². The molecule has 2 heterocycles. The van der Waals surface area contributed by atoms with Crippen LogP contribution in [0.3, 0.4) is 0 Å². The van der Waals surface area contributed by atoms with Crippen molar-refractivity contribution in [1.29, 1.82) is 0 Å². The van der Waals surface area contributed by atoms with Crippen LogP contribution in [0.5, 0.6) is 0 Å². The molecule has 0 bridgehead atoms. The first-order valence-electron chi connectivity index (χ1n) is 9.41. The quantitative estimate of drug-likeness (QED) is 0.740. The SMILES string of the molecule is CCC1(C)CC(=O)N(CN2CCN(Cc3ccc(Cl)cc3)CC2)C(=O)C1. The lowest BCUT2D eigenvalue weighted by molar-refractivity contribution is -0.156. The molecule has 0 aliphatic carbocycles. The first-order chi connectivity index (χ1) is 12.4. The van der Waals surface area contributed by atoms with Gasteiger partial charge in [-0.05, 0) is 29.5 Å². The number of hydrogen-bond donors (Lipinski definition) is 0. The zero-order valence-corrected chi connectivity index (χ0v) is 16.5. The van der Waals surface area contributed by atoms with E-state index in [1.807, 2.05) is 19.1 Å². The molecule has 0 aromatic heterocycles. The molecule has 0 atom stereocenters. The van der Waals surface area contributed by atoms with Crippen molar-refractivity contribution >= 4 is 23.4 Å². The Morgan fingerprint density at radius 3 is 2.04 bits per heavy atom. The number of benzene rings is 1. The van der Waals surface area contributed by atoms with Crippen LogP contribution in [0.1, 0.15) is 38.7 Å². The number of piperidine rings is 1. The third kappa shape index (κ3) is 4.64. The zero-order valence-electron chi connectivity index (χ0n) is 15.7. The fourth-order valence-corrected chi connectivity index (χ4v) is 3.79. The van der Waals surface area contributed by atoms with Gasteiger partial charge in [0.2, 0.25) is 11.8 Å². The summed E-state index contributed by atoms with van der Waals surface area (Å²) in [6, 6.07) is 7.96. The van der Waals surface area contributed by atoms with E-state index in [0.29, 0.717) is 19.5 Å². The molecule has 0 radical (unpaired) electrons. The molecule has 1 aromatic rings. The molecule has 0 unspecified atom stereocenters. The second kappa shape index (κ2) is 8.07. The van der Waals surface area contributed by atoms with E-state index >= 15 is 0 Å². The van der Waals surface area contributed by atoms with E-state index in [2.05, 4.69) is 28.9 Å². The second-order valence-electron chi connectivity index (χ2n) is 7.90. The summed E-state index contributed by atoms with van der Waals surface area (Å²) < 4.78 is 0. The highest BCUT2D eigenvalue weighted by molar-refractivity contribution is 6.30. The number of amides is 2. The van der Waals surface area contributed by atoms with Gasteiger partial charge >= 0.3 is 0 Å². The fraction of sp³-hybridized carbons (Fsp3) is 0.600. The number of carbonyl (C=O) groups is 2. The summed E-state index contributed by atoms with van der Waals surface area (Å²) in [5, 5.41) is 0.758. The fourth-order valence-electron chi connectivity index (χ4n) is 3.67. The summed E-state index contributed by atoms with van der Waals surface area (Å²) in [6.07, 6.45) is 1.82. The number of imide groups is 1. The van der Waals surface area contributed by atoms with Crippen LogP contribution in [-0.4, -0.2) is 59.4 Å². The topological polar surface area (TPSA) is 43.9 Å². The smallest absolute Gasteiger partial charge is 0.230 e. The van der Waals surface area contributed by atoms with Crippen LogP contribution in [-0.2, 0) is 16.1 Å². The van der Waals surface area contributed by atoms with Crippen LogP contribution in [0, 0.1) is 5.41 Å². The number of hydrogen-bond acceptors (Lipinski definition) is 4. The Labute approximate surface area is 160 Å². The molecule has 0 N–H and O–H groups in total. The van der Waals surface area contributed by atoms with Gasteiger partial charge in [0.15, 0.2) is 0 Å². The zero-order chi connectivity index (χ0) is 18.7. The summed E-state index contributed by atoms with van der Waals surface area (Å²) in [5.41, 5.74) is 1.09. The van der Waals surface area contributed by atoms with Gasteiger partial charge in [-0.3, -0.25) is 24.3 Å². The van der Waals surface area contributed by atoms with Crippen molar-refractivity contribution in [3.8, 4) is 0 Å². The number of carbonyl (C=O) groups excluding carboxylic acids is 2. The average Bonchev–Trinajstić information content (AvgIpc) is 2.61. The molecule has 2 aliphatic heterocycles. The molecule has 2 saturated heterocycles. The predicted octanol–water partition coefficient (Wildman–Crippen LogP) is 2.98. The number of likely N-dealkylation sites (tertiary alicyclic amines) is 1. The Morgan fingerprint density at radius 2 is 1.50 bits per heavy atom. The van der Waals surface area contributed by atoms with Crippen molar-refractivity contribution in [3.05, 3.63) is 34.9 Å². The summed E-state index contributed by atoms with van der Waals surface area (Å²) in [4.78, 5) is 31.0. The Hall–Kier alpha value is -1.43. The first-order valence-corrected chi connectivity index (χ1v) is 9.79. The maximum Gasteiger partial charge on any atom is 0.230 e. The van der Waals surface area contributed by atoms with Crippen LogP contribution < -0.4 is 0 Å². The molecule has 2 aliphatic rings. The maximum absolute atomic E-state index is 12.4. The molecule has 142 valence electrons. The van der Waals surface area contributed by atoms with Gasteiger partial charge in [0, 0.05) is 50.6 Å².